The van der Waals surface area contributed by atoms with Crippen molar-refractivity contribution < 1.29 is 9.47 Å². The highest BCUT2D eigenvalue weighted by Gasteiger charge is 2.12. The highest BCUT2D eigenvalue weighted by Crippen LogP contribution is 2.27. The number of hydrogen-bond acceptors (Lipinski definition) is 3. The molecule has 2 aromatic rings. The highest BCUT2D eigenvalue weighted by molar-refractivity contribution is 5.42. The summed E-state index contributed by atoms with van der Waals surface area (Å²) in [6.45, 7) is 4.71. The molecular weight excluding hydrogens is 262 g/mol. The smallest absolute Gasteiger partial charge is 0.122 e. The van der Waals surface area contributed by atoms with Gasteiger partial charge in [0.15, 0.2) is 0 Å². The summed E-state index contributed by atoms with van der Waals surface area (Å²) in [6.07, 6.45) is 0.779. The fourth-order valence-corrected chi connectivity index (χ4v) is 2.41. The zero-order chi connectivity index (χ0) is 15.2. The summed E-state index contributed by atoms with van der Waals surface area (Å²) >= 11 is 0. The second kappa shape index (κ2) is 7.14. The molecule has 21 heavy (non-hydrogen) atoms. The first-order chi connectivity index (χ1) is 10.1. The normalized spacial score (nSPS) is 12.0. The lowest BCUT2D eigenvalue weighted by molar-refractivity contribution is 0.298. The molecule has 0 bridgehead atoms. The maximum atomic E-state index is 6.30. The fourth-order valence-electron chi connectivity index (χ4n) is 2.41. The average Bonchev–Trinajstić information content (AvgIpc) is 2.50. The molecule has 0 radical (unpaired) electrons. The van der Waals surface area contributed by atoms with Crippen molar-refractivity contribution in [2.24, 2.45) is 5.73 Å². The molecule has 112 valence electrons. The van der Waals surface area contributed by atoms with Gasteiger partial charge in [-0.25, -0.2) is 0 Å². The van der Waals surface area contributed by atoms with E-state index >= 15 is 0 Å². The maximum Gasteiger partial charge on any atom is 0.122 e. The first-order valence-electron chi connectivity index (χ1n) is 7.20. The van der Waals surface area contributed by atoms with Crippen LogP contribution in [0.3, 0.4) is 0 Å². The number of rotatable bonds is 6. The van der Waals surface area contributed by atoms with Crippen LogP contribution in [-0.2, 0) is 0 Å². The Morgan fingerprint density at radius 1 is 1.05 bits per heavy atom. The second-order valence-corrected chi connectivity index (χ2v) is 5.24. The number of benzene rings is 2. The minimum absolute atomic E-state index is 0.0293. The standard InChI is InChI=1S/C18H23NO2/c1-13-12-18(20-3)14(2)11-16(13)17(19)9-10-21-15-7-5-4-6-8-15/h4-8,11-12,17H,9-10,19H2,1-3H3. The van der Waals surface area contributed by atoms with Crippen LogP contribution >= 0.6 is 0 Å². The van der Waals surface area contributed by atoms with Gasteiger partial charge in [0.2, 0.25) is 0 Å². The van der Waals surface area contributed by atoms with Gasteiger partial charge in [0.05, 0.1) is 13.7 Å². The van der Waals surface area contributed by atoms with E-state index in [1.165, 1.54) is 0 Å². The summed E-state index contributed by atoms with van der Waals surface area (Å²) in [4.78, 5) is 0. The summed E-state index contributed by atoms with van der Waals surface area (Å²) in [6, 6.07) is 13.9. The average molecular weight is 285 g/mol. The third kappa shape index (κ3) is 3.99. The van der Waals surface area contributed by atoms with Crippen LogP contribution in [0.4, 0.5) is 0 Å². The van der Waals surface area contributed by atoms with Crippen molar-refractivity contribution in [1.82, 2.24) is 0 Å². The van der Waals surface area contributed by atoms with Crippen molar-refractivity contribution in [2.45, 2.75) is 26.3 Å². The molecule has 0 amide bonds. The Bertz CT molecular complexity index is 581. The molecular formula is C18H23NO2. The lowest BCUT2D eigenvalue weighted by atomic mass is 9.97. The molecule has 3 nitrogen and oxygen atoms in total. The van der Waals surface area contributed by atoms with Crippen LogP contribution in [0.25, 0.3) is 0 Å². The van der Waals surface area contributed by atoms with Crippen LogP contribution in [0.2, 0.25) is 0 Å². The zero-order valence-corrected chi connectivity index (χ0v) is 12.9. The van der Waals surface area contributed by atoms with Crippen LogP contribution in [-0.4, -0.2) is 13.7 Å². The van der Waals surface area contributed by atoms with E-state index in [0.717, 1.165) is 34.6 Å². The van der Waals surface area contributed by atoms with Gasteiger partial charge in [-0.15, -0.1) is 0 Å². The molecule has 3 heteroatoms. The first kappa shape index (κ1) is 15.4. The summed E-state index contributed by atoms with van der Waals surface area (Å²) in [7, 11) is 1.69. The predicted octanol–water partition coefficient (Wildman–Crippen LogP) is 3.78. The summed E-state index contributed by atoms with van der Waals surface area (Å²) in [5, 5.41) is 0. The Morgan fingerprint density at radius 3 is 2.43 bits per heavy atom. The molecule has 1 atom stereocenters. The highest BCUT2D eigenvalue weighted by atomic mass is 16.5. The zero-order valence-electron chi connectivity index (χ0n) is 12.9. The third-order valence-electron chi connectivity index (χ3n) is 3.62. The number of methoxy groups -OCH3 is 1. The summed E-state index contributed by atoms with van der Waals surface area (Å²) in [5.41, 5.74) is 9.72. The van der Waals surface area contributed by atoms with Gasteiger partial charge in [-0.05, 0) is 48.7 Å². The molecule has 0 heterocycles. The van der Waals surface area contributed by atoms with Crippen molar-refractivity contribution in [2.75, 3.05) is 13.7 Å². The Kier molecular flexibility index (Phi) is 5.23. The molecule has 2 N–H and O–H groups in total. The first-order valence-corrected chi connectivity index (χ1v) is 7.20. The third-order valence-corrected chi connectivity index (χ3v) is 3.62. The molecule has 0 aliphatic carbocycles. The Balaban J connectivity index is 1.97. The van der Waals surface area contributed by atoms with Crippen LogP contribution in [0.1, 0.15) is 29.2 Å². The topological polar surface area (TPSA) is 44.5 Å². The van der Waals surface area contributed by atoms with Gasteiger partial charge in [-0.3, -0.25) is 0 Å². The number of para-hydroxylation sites is 1. The Morgan fingerprint density at radius 2 is 1.76 bits per heavy atom. The van der Waals surface area contributed by atoms with E-state index in [1.54, 1.807) is 7.11 Å². The number of nitrogens with two attached hydrogens (primary N) is 1. The van der Waals surface area contributed by atoms with Crippen LogP contribution in [0, 0.1) is 13.8 Å². The quantitative estimate of drug-likeness (QED) is 0.878. The Hall–Kier alpha value is -2.00. The summed E-state index contributed by atoms with van der Waals surface area (Å²) < 4.78 is 11.0. The van der Waals surface area contributed by atoms with Crippen molar-refractivity contribution in [3.63, 3.8) is 0 Å². The van der Waals surface area contributed by atoms with Gasteiger partial charge in [-0.2, -0.15) is 0 Å². The minimum atomic E-state index is -0.0293. The van der Waals surface area contributed by atoms with Gasteiger partial charge in [-0.1, -0.05) is 24.3 Å². The van der Waals surface area contributed by atoms with Crippen molar-refractivity contribution >= 4 is 0 Å². The molecule has 0 saturated carbocycles. The van der Waals surface area contributed by atoms with E-state index < -0.39 is 0 Å². The predicted molar refractivity (Wildman–Crippen MR) is 86.0 cm³/mol. The molecule has 0 aliphatic rings. The van der Waals surface area contributed by atoms with Gasteiger partial charge >= 0.3 is 0 Å². The molecule has 0 spiro atoms. The van der Waals surface area contributed by atoms with Crippen LogP contribution in [0.15, 0.2) is 42.5 Å². The van der Waals surface area contributed by atoms with E-state index in [-0.39, 0.29) is 6.04 Å². The van der Waals surface area contributed by atoms with Crippen LogP contribution < -0.4 is 15.2 Å². The van der Waals surface area contributed by atoms with Gasteiger partial charge in [0.1, 0.15) is 11.5 Å². The van der Waals surface area contributed by atoms with Crippen molar-refractivity contribution in [3.8, 4) is 11.5 Å². The molecule has 0 fully saturated rings. The monoisotopic (exact) mass is 285 g/mol. The van der Waals surface area contributed by atoms with Gasteiger partial charge in [0, 0.05) is 12.5 Å². The van der Waals surface area contributed by atoms with Crippen molar-refractivity contribution in [3.05, 3.63) is 59.2 Å². The molecule has 0 aromatic heterocycles. The molecule has 0 saturated heterocycles. The molecule has 0 aliphatic heterocycles. The van der Waals surface area contributed by atoms with E-state index in [9.17, 15) is 0 Å². The van der Waals surface area contributed by atoms with E-state index in [1.807, 2.05) is 43.3 Å². The van der Waals surface area contributed by atoms with Crippen molar-refractivity contribution in [1.29, 1.82) is 0 Å². The SMILES string of the molecule is COc1cc(C)c(C(N)CCOc2ccccc2)cc1C. The molecule has 2 aromatic carbocycles. The Labute approximate surface area is 126 Å². The van der Waals surface area contributed by atoms with Gasteiger partial charge < -0.3 is 15.2 Å². The van der Waals surface area contributed by atoms with Gasteiger partial charge in [0.25, 0.3) is 0 Å². The van der Waals surface area contributed by atoms with E-state index in [4.69, 9.17) is 15.2 Å². The lowest BCUT2D eigenvalue weighted by Crippen LogP contribution is -2.15. The maximum absolute atomic E-state index is 6.30. The number of aryl methyl sites for hydroxylation is 2. The number of hydrogen-bond donors (Lipinski definition) is 1. The van der Waals surface area contributed by atoms with Crippen LogP contribution in [0.5, 0.6) is 11.5 Å². The minimum Gasteiger partial charge on any atom is -0.496 e. The number of ether oxygens (including phenoxy) is 2. The largest absolute Gasteiger partial charge is 0.496 e. The van der Waals surface area contributed by atoms with E-state index in [0.29, 0.717) is 6.61 Å². The fraction of sp³-hybridized carbons (Fsp3) is 0.333. The molecule has 1 unspecified atom stereocenters. The van der Waals surface area contributed by atoms with E-state index in [2.05, 4.69) is 13.0 Å². The molecule has 2 rings (SSSR count). The second-order valence-electron chi connectivity index (χ2n) is 5.24. The summed E-state index contributed by atoms with van der Waals surface area (Å²) in [5.74, 6) is 1.79. The lowest BCUT2D eigenvalue weighted by Gasteiger charge is -2.17.